The third-order valence-corrected chi connectivity index (χ3v) is 4.32. The van der Waals surface area contributed by atoms with E-state index in [2.05, 4.69) is 5.32 Å². The average molecular weight is 358 g/mol. The number of hydrogen-bond acceptors (Lipinski definition) is 2. The number of nitrogens with zero attached hydrogens (tertiary/aromatic N) is 1. The van der Waals surface area contributed by atoms with Crippen molar-refractivity contribution in [3.05, 3.63) is 35.4 Å². The Morgan fingerprint density at radius 3 is 2.28 bits per heavy atom. The summed E-state index contributed by atoms with van der Waals surface area (Å²) in [7, 11) is 0. The van der Waals surface area contributed by atoms with Gasteiger partial charge in [0.1, 0.15) is 0 Å². The zero-order valence-electron chi connectivity index (χ0n) is 13.8. The fourth-order valence-corrected chi connectivity index (χ4v) is 2.87. The Hall–Kier alpha value is -2.25. The van der Waals surface area contributed by atoms with Gasteiger partial charge in [0.05, 0.1) is 11.5 Å². The van der Waals surface area contributed by atoms with Crippen LogP contribution in [0.4, 0.5) is 18.0 Å². The molecule has 0 aliphatic carbocycles. The SMILES string of the molecule is CC(Cc1ccc(C(F)(F)F)cc1)NC(=O)N1CCC(C(=O)O)CC1. The molecule has 25 heavy (non-hydrogen) atoms. The highest BCUT2D eigenvalue weighted by molar-refractivity contribution is 5.75. The Bertz CT molecular complexity index is 609. The van der Waals surface area contributed by atoms with Crippen molar-refractivity contribution in [2.24, 2.45) is 5.92 Å². The molecule has 0 bridgehead atoms. The number of carbonyl (C=O) groups is 2. The molecule has 0 aromatic heterocycles. The van der Waals surface area contributed by atoms with Gasteiger partial charge in [0, 0.05) is 19.1 Å². The Labute approximate surface area is 143 Å². The summed E-state index contributed by atoms with van der Waals surface area (Å²) in [6.07, 6.45) is -3.10. The Morgan fingerprint density at radius 1 is 1.24 bits per heavy atom. The van der Waals surface area contributed by atoms with Crippen LogP contribution in [0.2, 0.25) is 0 Å². The van der Waals surface area contributed by atoms with Gasteiger partial charge in [-0.2, -0.15) is 13.2 Å². The molecule has 1 aromatic rings. The van der Waals surface area contributed by atoms with Crippen LogP contribution in [0, 0.1) is 5.92 Å². The van der Waals surface area contributed by atoms with Crippen LogP contribution in [0.5, 0.6) is 0 Å². The van der Waals surface area contributed by atoms with E-state index >= 15 is 0 Å². The number of alkyl halides is 3. The first kappa shape index (κ1) is 19.1. The quantitative estimate of drug-likeness (QED) is 0.869. The van der Waals surface area contributed by atoms with Crippen LogP contribution in [0.25, 0.3) is 0 Å². The summed E-state index contributed by atoms with van der Waals surface area (Å²) in [4.78, 5) is 24.7. The number of rotatable bonds is 4. The molecule has 5 nitrogen and oxygen atoms in total. The van der Waals surface area contributed by atoms with Crippen molar-refractivity contribution in [1.82, 2.24) is 10.2 Å². The summed E-state index contributed by atoms with van der Waals surface area (Å²) in [5.41, 5.74) is -0.000347. The number of carbonyl (C=O) groups excluding carboxylic acids is 1. The second-order valence-electron chi connectivity index (χ2n) is 6.35. The molecule has 2 rings (SSSR count). The maximum absolute atomic E-state index is 12.5. The summed E-state index contributed by atoms with van der Waals surface area (Å²) in [5.74, 6) is -1.25. The highest BCUT2D eigenvalue weighted by Crippen LogP contribution is 2.29. The monoisotopic (exact) mass is 358 g/mol. The highest BCUT2D eigenvalue weighted by atomic mass is 19.4. The summed E-state index contributed by atoms with van der Waals surface area (Å²) < 4.78 is 37.6. The van der Waals surface area contributed by atoms with Crippen molar-refractivity contribution in [1.29, 1.82) is 0 Å². The number of likely N-dealkylation sites (tertiary alicyclic amines) is 1. The molecule has 1 aromatic carbocycles. The number of urea groups is 1. The number of nitrogens with one attached hydrogen (secondary N) is 1. The third-order valence-electron chi connectivity index (χ3n) is 4.32. The highest BCUT2D eigenvalue weighted by Gasteiger charge is 2.30. The normalized spacial score (nSPS) is 17.2. The largest absolute Gasteiger partial charge is 0.481 e. The number of piperidine rings is 1. The molecule has 1 aliphatic heterocycles. The van der Waals surface area contributed by atoms with Gasteiger partial charge < -0.3 is 15.3 Å². The fraction of sp³-hybridized carbons (Fsp3) is 0.529. The molecule has 0 saturated carbocycles. The number of carboxylic acids is 1. The van der Waals surface area contributed by atoms with E-state index in [-0.39, 0.29) is 12.1 Å². The first-order valence-corrected chi connectivity index (χ1v) is 8.11. The van der Waals surface area contributed by atoms with Crippen molar-refractivity contribution in [2.45, 2.75) is 38.4 Å². The topological polar surface area (TPSA) is 69.6 Å². The van der Waals surface area contributed by atoms with Gasteiger partial charge in [-0.15, -0.1) is 0 Å². The molecule has 1 atom stereocenters. The van der Waals surface area contributed by atoms with E-state index in [0.29, 0.717) is 37.9 Å². The zero-order chi connectivity index (χ0) is 18.6. The van der Waals surface area contributed by atoms with Gasteiger partial charge >= 0.3 is 18.2 Å². The van der Waals surface area contributed by atoms with E-state index in [1.807, 2.05) is 0 Å². The van der Waals surface area contributed by atoms with Crippen LogP contribution in [0.3, 0.4) is 0 Å². The van der Waals surface area contributed by atoms with E-state index in [4.69, 9.17) is 5.11 Å². The number of amides is 2. The Kier molecular flexibility index (Phi) is 5.92. The number of hydrogen-bond donors (Lipinski definition) is 2. The molecular weight excluding hydrogens is 337 g/mol. The van der Waals surface area contributed by atoms with Crippen molar-refractivity contribution in [3.63, 3.8) is 0 Å². The van der Waals surface area contributed by atoms with Crippen LogP contribution < -0.4 is 5.32 Å². The first-order chi connectivity index (χ1) is 11.7. The summed E-state index contributed by atoms with van der Waals surface area (Å²) >= 11 is 0. The van der Waals surface area contributed by atoms with E-state index in [9.17, 15) is 22.8 Å². The average Bonchev–Trinajstić information content (AvgIpc) is 2.54. The number of carboxylic acid groups (broad SMARTS) is 1. The molecule has 2 N–H and O–H groups in total. The van der Waals surface area contributed by atoms with Crippen LogP contribution in [0.15, 0.2) is 24.3 Å². The first-order valence-electron chi connectivity index (χ1n) is 8.11. The minimum atomic E-state index is -4.36. The summed E-state index contributed by atoms with van der Waals surface area (Å²) in [5, 5.41) is 11.8. The second-order valence-corrected chi connectivity index (χ2v) is 6.35. The van der Waals surface area contributed by atoms with E-state index in [1.54, 1.807) is 11.8 Å². The zero-order valence-corrected chi connectivity index (χ0v) is 13.8. The van der Waals surface area contributed by atoms with Crippen molar-refractivity contribution in [2.75, 3.05) is 13.1 Å². The van der Waals surface area contributed by atoms with Crippen LogP contribution >= 0.6 is 0 Å². The van der Waals surface area contributed by atoms with E-state index in [0.717, 1.165) is 12.1 Å². The summed E-state index contributed by atoms with van der Waals surface area (Å²) in [6, 6.07) is 4.35. The van der Waals surface area contributed by atoms with Gasteiger partial charge in [-0.05, 0) is 43.9 Å². The number of aliphatic carboxylic acids is 1. The van der Waals surface area contributed by atoms with E-state index in [1.165, 1.54) is 12.1 Å². The predicted molar refractivity (Wildman–Crippen MR) is 85.1 cm³/mol. The van der Waals surface area contributed by atoms with Gasteiger partial charge in [-0.25, -0.2) is 4.79 Å². The minimum Gasteiger partial charge on any atom is -0.481 e. The van der Waals surface area contributed by atoms with Crippen molar-refractivity contribution in [3.8, 4) is 0 Å². The van der Waals surface area contributed by atoms with Crippen LogP contribution in [-0.2, 0) is 17.4 Å². The smallest absolute Gasteiger partial charge is 0.416 e. The lowest BCUT2D eigenvalue weighted by Crippen LogP contribution is -2.48. The van der Waals surface area contributed by atoms with Crippen molar-refractivity contribution >= 4 is 12.0 Å². The van der Waals surface area contributed by atoms with Gasteiger partial charge in [0.25, 0.3) is 0 Å². The number of halogens is 3. The molecule has 1 heterocycles. The molecule has 2 amide bonds. The third kappa shape index (κ3) is 5.37. The Morgan fingerprint density at radius 2 is 1.80 bits per heavy atom. The standard InChI is InChI=1S/C17H21F3N2O3/c1-11(10-12-2-4-14(5-3-12)17(18,19)20)21-16(25)22-8-6-13(7-9-22)15(23)24/h2-5,11,13H,6-10H2,1H3,(H,21,25)(H,23,24). The molecule has 1 fully saturated rings. The Balaban J connectivity index is 1.83. The lowest BCUT2D eigenvalue weighted by atomic mass is 9.97. The fourth-order valence-electron chi connectivity index (χ4n) is 2.87. The van der Waals surface area contributed by atoms with Gasteiger partial charge in [0.2, 0.25) is 0 Å². The van der Waals surface area contributed by atoms with Crippen LogP contribution in [0.1, 0.15) is 30.9 Å². The predicted octanol–water partition coefficient (Wildman–Crippen LogP) is 3.14. The molecule has 0 radical (unpaired) electrons. The maximum atomic E-state index is 12.5. The number of benzene rings is 1. The second kappa shape index (κ2) is 7.76. The molecule has 8 heteroatoms. The van der Waals surface area contributed by atoms with Crippen LogP contribution in [-0.4, -0.2) is 41.1 Å². The molecule has 0 spiro atoms. The lowest BCUT2D eigenvalue weighted by molar-refractivity contribution is -0.143. The van der Waals surface area contributed by atoms with Gasteiger partial charge in [-0.1, -0.05) is 12.1 Å². The molecule has 1 unspecified atom stereocenters. The maximum Gasteiger partial charge on any atom is 0.416 e. The van der Waals surface area contributed by atoms with Gasteiger partial charge in [0.15, 0.2) is 0 Å². The molecular formula is C17H21F3N2O3. The molecule has 1 aliphatic rings. The van der Waals surface area contributed by atoms with Crippen molar-refractivity contribution < 1.29 is 27.9 Å². The summed E-state index contributed by atoms with van der Waals surface area (Å²) in [6.45, 7) is 2.55. The lowest BCUT2D eigenvalue weighted by Gasteiger charge is -2.31. The molecule has 138 valence electrons. The van der Waals surface area contributed by atoms with E-state index < -0.39 is 23.6 Å². The minimum absolute atomic E-state index is 0.249. The van der Waals surface area contributed by atoms with Gasteiger partial charge in [-0.3, -0.25) is 4.79 Å². The molecule has 1 saturated heterocycles.